The van der Waals surface area contributed by atoms with E-state index in [1.54, 1.807) is 0 Å². The van der Waals surface area contributed by atoms with Gasteiger partial charge in [-0.3, -0.25) is 4.79 Å². The van der Waals surface area contributed by atoms with Gasteiger partial charge >= 0.3 is 0 Å². The number of amidine groups is 1. The number of carbonyl (C=O) groups is 1. The van der Waals surface area contributed by atoms with Crippen molar-refractivity contribution < 1.29 is 9.53 Å². The van der Waals surface area contributed by atoms with E-state index in [2.05, 4.69) is 36.3 Å². The molecule has 4 atom stereocenters. The molecule has 0 spiro atoms. The summed E-state index contributed by atoms with van der Waals surface area (Å²) in [5, 5.41) is 2.79. The van der Waals surface area contributed by atoms with Crippen LogP contribution in [0.2, 0.25) is 0 Å². The number of amides is 1. The van der Waals surface area contributed by atoms with Gasteiger partial charge in [0.15, 0.2) is 0 Å². The zero-order chi connectivity index (χ0) is 17.7. The average Bonchev–Trinajstić information content (AvgIpc) is 2.85. The Hall–Kier alpha value is -2.04. The summed E-state index contributed by atoms with van der Waals surface area (Å²) < 4.78 is 5.51. The lowest BCUT2D eigenvalue weighted by molar-refractivity contribution is -0.114. The fraction of sp³-hybridized carbons (Fsp3) is 0.579. The number of benzene rings is 1. The summed E-state index contributed by atoms with van der Waals surface area (Å²) in [6.45, 7) is 8.06. The highest BCUT2D eigenvalue weighted by molar-refractivity contribution is 5.88. The molecule has 0 bridgehead atoms. The summed E-state index contributed by atoms with van der Waals surface area (Å²) in [4.78, 5) is 15.5. The second-order valence-corrected chi connectivity index (χ2v) is 6.75. The van der Waals surface area contributed by atoms with Crippen molar-refractivity contribution >= 4 is 17.6 Å². The van der Waals surface area contributed by atoms with Crippen LogP contribution < -0.4 is 11.1 Å². The van der Waals surface area contributed by atoms with E-state index in [0.717, 1.165) is 24.9 Å². The molecule has 1 heterocycles. The van der Waals surface area contributed by atoms with Gasteiger partial charge in [0.2, 0.25) is 5.91 Å². The van der Waals surface area contributed by atoms with Gasteiger partial charge in [-0.05, 0) is 49.3 Å². The second-order valence-electron chi connectivity index (χ2n) is 6.75. The topological polar surface area (TPSA) is 76.7 Å². The molecular weight excluding hydrogens is 302 g/mol. The molecule has 0 aromatic heterocycles. The van der Waals surface area contributed by atoms with Crippen LogP contribution in [-0.4, -0.2) is 24.1 Å². The molecule has 1 aromatic carbocycles. The highest BCUT2D eigenvalue weighted by Crippen LogP contribution is 2.31. The Morgan fingerprint density at radius 2 is 2.04 bits per heavy atom. The van der Waals surface area contributed by atoms with Gasteiger partial charge in [-0.25, -0.2) is 4.99 Å². The maximum Gasteiger partial charge on any atom is 0.282 e. The largest absolute Gasteiger partial charge is 0.460 e. The monoisotopic (exact) mass is 331 g/mol. The van der Waals surface area contributed by atoms with E-state index < -0.39 is 0 Å². The number of hydrogen-bond acceptors (Lipinski definition) is 4. The van der Waals surface area contributed by atoms with Crippen LogP contribution in [-0.2, 0) is 16.0 Å². The molecule has 1 amide bonds. The zero-order valence-electron chi connectivity index (χ0n) is 15.1. The first-order valence-electron chi connectivity index (χ1n) is 8.77. The van der Waals surface area contributed by atoms with Gasteiger partial charge in [-0.15, -0.1) is 0 Å². The van der Waals surface area contributed by atoms with Crippen molar-refractivity contribution in [1.29, 1.82) is 0 Å². The van der Waals surface area contributed by atoms with E-state index in [0.29, 0.717) is 17.9 Å². The molecule has 5 heteroatoms. The van der Waals surface area contributed by atoms with Crippen molar-refractivity contribution in [1.82, 2.24) is 0 Å². The normalized spacial score (nSPS) is 22.4. The molecule has 132 valence electrons. The number of nitrogens with one attached hydrogen (secondary N) is 1. The number of nitrogens with zero attached hydrogens (tertiary/aromatic N) is 1. The SMILES string of the molecule is CCC(C(C)CCc1ccc(NC(C)=O)cc1)C1N=C(N)OC1C. The van der Waals surface area contributed by atoms with Gasteiger partial charge in [0.25, 0.3) is 6.02 Å². The lowest BCUT2D eigenvalue weighted by Crippen LogP contribution is -2.31. The van der Waals surface area contributed by atoms with Gasteiger partial charge in [-0.1, -0.05) is 32.4 Å². The quantitative estimate of drug-likeness (QED) is 0.804. The minimum Gasteiger partial charge on any atom is -0.460 e. The Kier molecular flexibility index (Phi) is 6.23. The molecule has 0 fully saturated rings. The van der Waals surface area contributed by atoms with Crippen molar-refractivity contribution in [3.05, 3.63) is 29.8 Å². The maximum atomic E-state index is 11.1. The lowest BCUT2D eigenvalue weighted by Gasteiger charge is -2.28. The van der Waals surface area contributed by atoms with E-state index in [1.807, 2.05) is 19.1 Å². The summed E-state index contributed by atoms with van der Waals surface area (Å²) in [5.41, 5.74) is 7.84. The van der Waals surface area contributed by atoms with Gasteiger partial charge in [0.1, 0.15) is 6.10 Å². The standard InChI is InChI=1S/C19H29N3O2/c1-5-17(18-13(3)24-19(20)22-18)12(2)6-7-15-8-10-16(11-9-15)21-14(4)23/h8-13,17-18H,5-7H2,1-4H3,(H2,20,22)(H,21,23). The van der Waals surface area contributed by atoms with Crippen LogP contribution >= 0.6 is 0 Å². The Morgan fingerprint density at radius 1 is 1.38 bits per heavy atom. The van der Waals surface area contributed by atoms with Crippen LogP contribution in [0.15, 0.2) is 29.3 Å². The number of rotatable bonds is 7. The van der Waals surface area contributed by atoms with E-state index >= 15 is 0 Å². The van der Waals surface area contributed by atoms with Crippen LogP contribution in [0.5, 0.6) is 0 Å². The number of ether oxygens (including phenoxy) is 1. The summed E-state index contributed by atoms with van der Waals surface area (Å²) in [7, 11) is 0. The van der Waals surface area contributed by atoms with Crippen molar-refractivity contribution in [2.45, 2.75) is 59.1 Å². The molecule has 3 N–H and O–H groups in total. The Bertz CT molecular complexity index is 583. The third-order valence-electron chi connectivity index (χ3n) is 4.87. The van der Waals surface area contributed by atoms with Gasteiger partial charge in [-0.2, -0.15) is 0 Å². The summed E-state index contributed by atoms with van der Waals surface area (Å²) in [6.07, 6.45) is 3.24. The highest BCUT2D eigenvalue weighted by atomic mass is 16.5. The Balaban J connectivity index is 1.91. The maximum absolute atomic E-state index is 11.1. The van der Waals surface area contributed by atoms with Gasteiger partial charge < -0.3 is 15.8 Å². The first-order chi connectivity index (χ1) is 11.4. The molecule has 0 aliphatic carbocycles. The van der Waals surface area contributed by atoms with Gasteiger partial charge in [0.05, 0.1) is 6.04 Å². The van der Waals surface area contributed by atoms with Crippen molar-refractivity contribution in [2.75, 3.05) is 5.32 Å². The molecular formula is C19H29N3O2. The van der Waals surface area contributed by atoms with Crippen LogP contribution in [0.3, 0.4) is 0 Å². The van der Waals surface area contributed by atoms with Crippen LogP contribution in [0.25, 0.3) is 0 Å². The molecule has 5 nitrogen and oxygen atoms in total. The molecule has 0 saturated carbocycles. The van der Waals surface area contributed by atoms with Crippen molar-refractivity contribution in [2.24, 2.45) is 22.6 Å². The second kappa shape index (κ2) is 8.18. The van der Waals surface area contributed by atoms with Crippen LogP contribution in [0.1, 0.15) is 46.1 Å². The smallest absolute Gasteiger partial charge is 0.282 e. The lowest BCUT2D eigenvalue weighted by atomic mass is 9.80. The zero-order valence-corrected chi connectivity index (χ0v) is 15.1. The molecule has 1 aliphatic heterocycles. The number of anilines is 1. The van der Waals surface area contributed by atoms with Crippen molar-refractivity contribution in [3.63, 3.8) is 0 Å². The third kappa shape index (κ3) is 4.73. The first kappa shape index (κ1) is 18.3. The highest BCUT2D eigenvalue weighted by Gasteiger charge is 2.34. The molecule has 0 radical (unpaired) electrons. The first-order valence-corrected chi connectivity index (χ1v) is 8.77. The molecule has 4 unspecified atom stereocenters. The van der Waals surface area contributed by atoms with E-state index in [-0.39, 0.29) is 18.1 Å². The molecule has 2 rings (SSSR count). The van der Waals surface area contributed by atoms with E-state index in [9.17, 15) is 4.79 Å². The number of aliphatic imine (C=N–C) groups is 1. The number of carbonyl (C=O) groups excluding carboxylic acids is 1. The number of nitrogens with two attached hydrogens (primary N) is 1. The number of hydrogen-bond donors (Lipinski definition) is 2. The third-order valence-corrected chi connectivity index (χ3v) is 4.87. The minimum atomic E-state index is -0.0464. The van der Waals surface area contributed by atoms with Crippen LogP contribution in [0.4, 0.5) is 5.69 Å². The molecule has 0 saturated heterocycles. The summed E-state index contributed by atoms with van der Waals surface area (Å²) in [6, 6.07) is 8.55. The van der Waals surface area contributed by atoms with Gasteiger partial charge in [0, 0.05) is 12.6 Å². The fourth-order valence-corrected chi connectivity index (χ4v) is 3.53. The average molecular weight is 331 g/mol. The van der Waals surface area contributed by atoms with E-state index in [4.69, 9.17) is 10.5 Å². The fourth-order valence-electron chi connectivity index (χ4n) is 3.53. The Labute approximate surface area is 144 Å². The molecule has 1 aromatic rings. The van der Waals surface area contributed by atoms with Crippen molar-refractivity contribution in [3.8, 4) is 0 Å². The van der Waals surface area contributed by atoms with E-state index in [1.165, 1.54) is 12.5 Å². The predicted octanol–water partition coefficient (Wildman–Crippen LogP) is 3.34. The molecule has 24 heavy (non-hydrogen) atoms. The Morgan fingerprint density at radius 3 is 2.54 bits per heavy atom. The number of aryl methyl sites for hydroxylation is 1. The predicted molar refractivity (Wildman–Crippen MR) is 98.0 cm³/mol. The summed E-state index contributed by atoms with van der Waals surface area (Å²) in [5.74, 6) is 0.963. The van der Waals surface area contributed by atoms with Crippen LogP contribution in [0, 0.1) is 11.8 Å². The summed E-state index contributed by atoms with van der Waals surface area (Å²) >= 11 is 0. The molecule has 1 aliphatic rings. The minimum absolute atomic E-state index is 0.0464.